The van der Waals surface area contributed by atoms with Crippen molar-refractivity contribution in [3.05, 3.63) is 50.9 Å². The van der Waals surface area contributed by atoms with Crippen LogP contribution in [-0.4, -0.2) is 8.11 Å². The van der Waals surface area contributed by atoms with Gasteiger partial charge in [0.15, 0.2) is 0 Å². The largest absolute Gasteiger partial charge is 0.147 e. The maximum absolute atomic E-state index is 6.82. The third kappa shape index (κ3) is 5.51. The van der Waals surface area contributed by atoms with Crippen molar-refractivity contribution in [2.24, 2.45) is 5.41 Å². The van der Waals surface area contributed by atoms with Crippen molar-refractivity contribution in [3.63, 3.8) is 0 Å². The molecular formula is C19H33Cl2OSiTi. The molecule has 0 aromatic heterocycles. The van der Waals surface area contributed by atoms with E-state index in [0.717, 1.165) is 20.3 Å². The Morgan fingerprint density at radius 2 is 1.50 bits per heavy atom. The van der Waals surface area contributed by atoms with Crippen molar-refractivity contribution in [1.82, 2.24) is 0 Å². The Hall–Kier alpha value is 0.0112. The van der Waals surface area contributed by atoms with E-state index in [0.29, 0.717) is 0 Å². The summed E-state index contributed by atoms with van der Waals surface area (Å²) < 4.78 is 8.45. The van der Waals surface area contributed by atoms with Gasteiger partial charge in [-0.3, -0.25) is 0 Å². The molecule has 1 aliphatic rings. The van der Waals surface area contributed by atoms with Crippen LogP contribution in [0.3, 0.4) is 0 Å². The zero-order valence-electron chi connectivity index (χ0n) is 16.3. The van der Waals surface area contributed by atoms with E-state index < -0.39 is 14.9 Å². The van der Waals surface area contributed by atoms with Crippen LogP contribution in [0.4, 0.5) is 0 Å². The van der Waals surface area contributed by atoms with E-state index in [-0.39, 0.29) is 30.2 Å². The van der Waals surface area contributed by atoms with Gasteiger partial charge in [0.1, 0.15) is 0 Å². The first kappa shape index (κ1) is 24.0. The third-order valence-electron chi connectivity index (χ3n) is 4.44. The van der Waals surface area contributed by atoms with Gasteiger partial charge in [0.2, 0.25) is 0 Å². The fraction of sp³-hybridized carbons (Fsp3) is 0.474. The van der Waals surface area contributed by atoms with Gasteiger partial charge in [0, 0.05) is 0 Å². The Balaban J connectivity index is 0.00000264. The predicted molar refractivity (Wildman–Crippen MR) is 113 cm³/mol. The van der Waals surface area contributed by atoms with Gasteiger partial charge in [-0.25, -0.2) is 0 Å². The maximum Gasteiger partial charge on any atom is -0.147 e. The minimum atomic E-state index is -3.04. The minimum Gasteiger partial charge on any atom is -0.147 e. The molecule has 0 N–H and O–H groups in total. The van der Waals surface area contributed by atoms with Crippen LogP contribution < -0.4 is 3.32 Å². The summed E-state index contributed by atoms with van der Waals surface area (Å²) in [6.45, 7) is 11.3. The summed E-state index contributed by atoms with van der Waals surface area (Å²) in [6, 6.07) is 6.60. The van der Waals surface area contributed by atoms with E-state index >= 15 is 0 Å². The first-order chi connectivity index (χ1) is 9.87. The molecule has 0 bridgehead atoms. The Bertz CT molecular complexity index is 644. The van der Waals surface area contributed by atoms with E-state index in [9.17, 15) is 0 Å². The molecule has 0 amide bonds. The SMILES string of the molecule is Cc1cc(C)cc([O][Ti]([CH3])([CH3])([SiH3])[C]2=C(C(C)(C)C)C=CC2)c1.Cl.Cl. The van der Waals surface area contributed by atoms with Crippen LogP contribution in [0.2, 0.25) is 10.5 Å². The quantitative estimate of drug-likeness (QED) is 0.560. The fourth-order valence-corrected chi connectivity index (χ4v) is 11.5. The molecule has 0 unspecified atom stereocenters. The van der Waals surface area contributed by atoms with Crippen molar-refractivity contribution >= 4 is 32.9 Å². The molecule has 0 spiro atoms. The van der Waals surface area contributed by atoms with E-state index in [1.165, 1.54) is 16.7 Å². The summed E-state index contributed by atoms with van der Waals surface area (Å²) >= 11 is -3.04. The topological polar surface area (TPSA) is 9.23 Å². The van der Waals surface area contributed by atoms with Crippen molar-refractivity contribution in [2.45, 2.75) is 51.5 Å². The zero-order chi connectivity index (χ0) is 16.8. The van der Waals surface area contributed by atoms with Crippen LogP contribution in [0.1, 0.15) is 38.3 Å². The Labute approximate surface area is 164 Å². The van der Waals surface area contributed by atoms with E-state index in [1.807, 2.05) is 0 Å². The van der Waals surface area contributed by atoms with Gasteiger partial charge < -0.3 is 0 Å². The van der Waals surface area contributed by atoms with Crippen LogP contribution in [0.25, 0.3) is 0 Å². The first-order valence-electron chi connectivity index (χ1n) is 8.27. The third-order valence-corrected chi connectivity index (χ3v) is 13.2. The number of aryl methyl sites for hydroxylation is 2. The minimum absolute atomic E-state index is 0. The van der Waals surface area contributed by atoms with Crippen LogP contribution in [0, 0.1) is 19.3 Å². The normalized spacial score (nSPS) is 16.2. The molecule has 1 aromatic carbocycles. The molecule has 2 rings (SSSR count). The van der Waals surface area contributed by atoms with E-state index in [4.69, 9.17) is 3.32 Å². The van der Waals surface area contributed by atoms with Crippen LogP contribution in [-0.2, 0) is 14.9 Å². The molecule has 24 heavy (non-hydrogen) atoms. The molecule has 0 saturated heterocycles. The average Bonchev–Trinajstić information content (AvgIpc) is 2.74. The van der Waals surface area contributed by atoms with Crippen molar-refractivity contribution in [3.8, 4) is 5.75 Å². The number of allylic oxidation sites excluding steroid dienone is 4. The summed E-state index contributed by atoms with van der Waals surface area (Å²) in [5.74, 6) is 1.07. The summed E-state index contributed by atoms with van der Waals surface area (Å²) in [4.78, 5) is 0. The van der Waals surface area contributed by atoms with Crippen LogP contribution >= 0.6 is 24.8 Å². The van der Waals surface area contributed by atoms with Gasteiger partial charge in [-0.2, -0.15) is 0 Å². The van der Waals surface area contributed by atoms with Gasteiger partial charge in [0.25, 0.3) is 0 Å². The van der Waals surface area contributed by atoms with Crippen molar-refractivity contribution < 1.29 is 18.3 Å². The van der Waals surface area contributed by atoms with Gasteiger partial charge in [0.05, 0.1) is 0 Å². The van der Waals surface area contributed by atoms with Crippen molar-refractivity contribution in [2.75, 3.05) is 0 Å². The van der Waals surface area contributed by atoms with Gasteiger partial charge in [-0.15, -0.1) is 24.8 Å². The predicted octanol–water partition coefficient (Wildman–Crippen LogP) is 5.77. The molecule has 0 aliphatic heterocycles. The van der Waals surface area contributed by atoms with Gasteiger partial charge in [-0.1, -0.05) is 0 Å². The van der Waals surface area contributed by atoms with E-state index in [1.54, 1.807) is 3.88 Å². The smallest absolute Gasteiger partial charge is 0.147 e. The standard InChI is InChI=1S/C9H13.C8H10O.2CH3.2ClH.H3Si.Ti/c1-9(2,3)8-6-4-5-7-8;1-6-3-7(2)5-8(9)4-6;;;;;;/h4,6H,5H2,1-3H3;3-5,9H,1-2H3;2*1H3;2*1H;1H3;/q;;;;;;;+1/p-1. The molecule has 0 heterocycles. The maximum atomic E-state index is 6.82. The number of halogens is 2. The first-order valence-corrected chi connectivity index (χ1v) is 18.5. The second-order valence-electron chi connectivity index (χ2n) is 9.14. The van der Waals surface area contributed by atoms with Gasteiger partial charge >= 0.3 is 140 Å². The Morgan fingerprint density at radius 1 is 1.00 bits per heavy atom. The zero-order valence-corrected chi connectivity index (χ0v) is 21.5. The second kappa shape index (κ2) is 7.72. The summed E-state index contributed by atoms with van der Waals surface area (Å²) in [7, 11) is 1.12. The Morgan fingerprint density at radius 3 is 1.96 bits per heavy atom. The van der Waals surface area contributed by atoms with Gasteiger partial charge in [-0.05, 0) is 0 Å². The summed E-state index contributed by atoms with van der Waals surface area (Å²) in [5, 5.41) is 4.91. The number of hydrogen-bond donors (Lipinski definition) is 0. The van der Waals surface area contributed by atoms with Crippen LogP contribution in [0.5, 0.6) is 5.75 Å². The molecule has 0 atom stereocenters. The molecule has 1 nitrogen and oxygen atoms in total. The molecule has 137 valence electrons. The number of hydrogen-bond acceptors (Lipinski definition) is 1. The summed E-state index contributed by atoms with van der Waals surface area (Å²) in [6.07, 6.45) is 5.76. The fourth-order valence-electron chi connectivity index (χ4n) is 3.48. The van der Waals surface area contributed by atoms with E-state index in [2.05, 4.69) is 75.4 Å². The average molecular weight is 424 g/mol. The monoisotopic (exact) mass is 423 g/mol. The number of rotatable bonds is 3. The van der Waals surface area contributed by atoms with Crippen molar-refractivity contribution in [1.29, 1.82) is 0 Å². The molecule has 0 fully saturated rings. The Kier molecular flexibility index (Phi) is 7.72. The molecule has 1 aliphatic carbocycles. The number of benzene rings is 1. The summed E-state index contributed by atoms with van der Waals surface area (Å²) in [5.41, 5.74) is 4.30. The molecule has 5 heteroatoms. The molecule has 1 aromatic rings. The molecular weight excluding hydrogens is 391 g/mol. The molecule has 0 radical (unpaired) electrons. The second-order valence-corrected chi connectivity index (χ2v) is 31.6. The molecule has 0 saturated carbocycles. The van der Waals surface area contributed by atoms with Crippen LogP contribution in [0.15, 0.2) is 39.8 Å².